The summed E-state index contributed by atoms with van der Waals surface area (Å²) in [6.45, 7) is 5.53. The van der Waals surface area contributed by atoms with Gasteiger partial charge in [-0.05, 0) is 20.8 Å². The molecule has 0 saturated carbocycles. The Morgan fingerprint density at radius 2 is 2.29 bits per heavy atom. The number of aromatic nitrogens is 1. The molecule has 0 amide bonds. The second-order valence-electron chi connectivity index (χ2n) is 3.75. The van der Waals surface area contributed by atoms with E-state index in [9.17, 15) is 4.79 Å². The molecule has 0 aliphatic heterocycles. The monoisotopic (exact) mass is 277 g/mol. The minimum atomic E-state index is -0.449. The summed E-state index contributed by atoms with van der Waals surface area (Å²) in [6.07, 6.45) is 1.55. The van der Waals surface area contributed by atoms with E-state index in [1.54, 1.807) is 6.20 Å². The maximum Gasteiger partial charge on any atom is 0.350 e. The van der Waals surface area contributed by atoms with Gasteiger partial charge in [-0.1, -0.05) is 15.9 Å². The quantitative estimate of drug-likeness (QED) is 0.616. The molecule has 0 atom stereocenters. The van der Waals surface area contributed by atoms with Crippen LogP contribution in [-0.4, -0.2) is 16.6 Å². The highest BCUT2D eigenvalue weighted by Crippen LogP contribution is 2.19. The molecular formula is C9H12BrNO2S. The summed E-state index contributed by atoms with van der Waals surface area (Å²) in [6, 6.07) is 0. The van der Waals surface area contributed by atoms with Crippen molar-refractivity contribution in [1.29, 1.82) is 0 Å². The summed E-state index contributed by atoms with van der Waals surface area (Å²) < 4.78 is 5.20. The third-order valence-electron chi connectivity index (χ3n) is 1.27. The van der Waals surface area contributed by atoms with E-state index >= 15 is 0 Å². The van der Waals surface area contributed by atoms with Crippen molar-refractivity contribution in [2.24, 2.45) is 0 Å². The molecule has 14 heavy (non-hydrogen) atoms. The van der Waals surface area contributed by atoms with Crippen LogP contribution in [0.25, 0.3) is 0 Å². The summed E-state index contributed by atoms with van der Waals surface area (Å²) >= 11 is 4.63. The van der Waals surface area contributed by atoms with Crippen LogP contribution >= 0.6 is 27.3 Å². The number of carbonyl (C=O) groups is 1. The fraction of sp³-hybridized carbons (Fsp3) is 0.556. The molecule has 0 radical (unpaired) electrons. The first-order valence-corrected chi connectivity index (χ1v) is 6.10. The lowest BCUT2D eigenvalue weighted by atomic mass is 10.2. The van der Waals surface area contributed by atoms with E-state index in [1.165, 1.54) is 11.3 Å². The molecule has 1 aromatic heterocycles. The topological polar surface area (TPSA) is 39.2 Å². The van der Waals surface area contributed by atoms with Crippen molar-refractivity contribution in [1.82, 2.24) is 4.98 Å². The van der Waals surface area contributed by atoms with E-state index in [4.69, 9.17) is 4.74 Å². The number of halogens is 1. The average molecular weight is 278 g/mol. The zero-order valence-electron chi connectivity index (χ0n) is 8.33. The van der Waals surface area contributed by atoms with Crippen molar-refractivity contribution in [3.63, 3.8) is 0 Å². The predicted molar refractivity (Wildman–Crippen MR) is 59.9 cm³/mol. The number of alkyl halides is 1. The minimum absolute atomic E-state index is 0.304. The molecule has 1 rings (SSSR count). The van der Waals surface area contributed by atoms with E-state index in [0.717, 1.165) is 5.01 Å². The number of ether oxygens (including phenoxy) is 1. The number of carbonyl (C=O) groups excluding carboxylic acids is 1. The van der Waals surface area contributed by atoms with Gasteiger partial charge in [0, 0.05) is 0 Å². The second-order valence-corrected chi connectivity index (χ2v) is 5.43. The molecule has 0 aliphatic rings. The molecule has 0 bridgehead atoms. The van der Waals surface area contributed by atoms with Gasteiger partial charge in [0.15, 0.2) is 0 Å². The maximum atomic E-state index is 11.5. The summed E-state index contributed by atoms with van der Waals surface area (Å²) in [7, 11) is 0. The molecule has 0 N–H and O–H groups in total. The third-order valence-corrected chi connectivity index (χ3v) is 3.15. The molecule has 1 heterocycles. The van der Waals surface area contributed by atoms with Crippen LogP contribution in [0.1, 0.15) is 35.5 Å². The van der Waals surface area contributed by atoms with Gasteiger partial charge >= 0.3 is 5.97 Å². The predicted octanol–water partition coefficient (Wildman–Crippen LogP) is 2.99. The molecule has 3 nitrogen and oxygen atoms in total. The maximum absolute atomic E-state index is 11.5. The Bertz CT molecular complexity index is 330. The lowest BCUT2D eigenvalue weighted by molar-refractivity contribution is 0.00750. The van der Waals surface area contributed by atoms with E-state index in [-0.39, 0.29) is 5.97 Å². The lowest BCUT2D eigenvalue weighted by Gasteiger charge is -2.18. The molecule has 0 aliphatic carbocycles. The Morgan fingerprint density at radius 1 is 1.64 bits per heavy atom. The number of thiazole rings is 1. The fourth-order valence-electron chi connectivity index (χ4n) is 0.795. The van der Waals surface area contributed by atoms with Crippen LogP contribution in [0.4, 0.5) is 0 Å². The number of esters is 1. The van der Waals surface area contributed by atoms with Gasteiger partial charge in [0.05, 0.1) is 11.5 Å². The van der Waals surface area contributed by atoms with E-state index < -0.39 is 5.60 Å². The zero-order chi connectivity index (χ0) is 10.8. The Labute approximate surface area is 95.6 Å². The molecule has 0 aromatic carbocycles. The van der Waals surface area contributed by atoms with Gasteiger partial charge in [0.1, 0.15) is 15.5 Å². The van der Waals surface area contributed by atoms with E-state index in [2.05, 4.69) is 20.9 Å². The summed E-state index contributed by atoms with van der Waals surface area (Å²) in [5, 5.41) is 1.55. The smallest absolute Gasteiger partial charge is 0.350 e. The fourth-order valence-corrected chi connectivity index (χ4v) is 1.93. The van der Waals surface area contributed by atoms with Crippen molar-refractivity contribution in [2.45, 2.75) is 31.7 Å². The highest BCUT2D eigenvalue weighted by molar-refractivity contribution is 9.08. The Balaban J connectivity index is 2.70. The Kier molecular flexibility index (Phi) is 3.66. The molecule has 0 spiro atoms. The molecule has 0 fully saturated rings. The first-order valence-electron chi connectivity index (χ1n) is 4.16. The molecule has 78 valence electrons. The van der Waals surface area contributed by atoms with Gasteiger partial charge in [-0.3, -0.25) is 0 Å². The van der Waals surface area contributed by atoms with Gasteiger partial charge in [-0.15, -0.1) is 11.3 Å². The number of hydrogen-bond donors (Lipinski definition) is 0. The largest absolute Gasteiger partial charge is 0.456 e. The SMILES string of the molecule is CC(C)(C)OC(=O)c1cnc(CBr)s1. The molecular weight excluding hydrogens is 266 g/mol. The number of rotatable bonds is 2. The van der Waals surface area contributed by atoms with Gasteiger partial charge in [0.2, 0.25) is 0 Å². The van der Waals surface area contributed by atoms with Crippen molar-refractivity contribution in [2.75, 3.05) is 0 Å². The molecule has 0 unspecified atom stereocenters. The van der Waals surface area contributed by atoms with Crippen LogP contribution in [-0.2, 0) is 10.1 Å². The van der Waals surface area contributed by atoms with Crippen molar-refractivity contribution in [3.8, 4) is 0 Å². The van der Waals surface area contributed by atoms with E-state index in [0.29, 0.717) is 10.2 Å². The van der Waals surface area contributed by atoms with Gasteiger partial charge in [-0.25, -0.2) is 9.78 Å². The van der Waals surface area contributed by atoms with Crippen molar-refractivity contribution >= 4 is 33.2 Å². The van der Waals surface area contributed by atoms with Crippen LogP contribution in [0.3, 0.4) is 0 Å². The second kappa shape index (κ2) is 4.40. The standard InChI is InChI=1S/C9H12BrNO2S/c1-9(2,3)13-8(12)6-5-11-7(4-10)14-6/h5H,4H2,1-3H3. The zero-order valence-corrected chi connectivity index (χ0v) is 10.7. The highest BCUT2D eigenvalue weighted by Gasteiger charge is 2.19. The van der Waals surface area contributed by atoms with Crippen LogP contribution in [0, 0.1) is 0 Å². The van der Waals surface area contributed by atoms with Crippen molar-refractivity contribution < 1.29 is 9.53 Å². The molecule has 0 saturated heterocycles. The first-order chi connectivity index (χ1) is 6.42. The normalized spacial score (nSPS) is 11.4. The Hall–Kier alpha value is -0.420. The summed E-state index contributed by atoms with van der Waals surface area (Å²) in [5.74, 6) is -0.304. The first kappa shape index (κ1) is 11.7. The van der Waals surface area contributed by atoms with E-state index in [1.807, 2.05) is 20.8 Å². The van der Waals surface area contributed by atoms with Crippen molar-refractivity contribution in [3.05, 3.63) is 16.1 Å². The number of hydrogen-bond acceptors (Lipinski definition) is 4. The lowest BCUT2D eigenvalue weighted by Crippen LogP contribution is -2.23. The van der Waals surface area contributed by atoms with Crippen LogP contribution < -0.4 is 0 Å². The van der Waals surface area contributed by atoms with Gasteiger partial charge < -0.3 is 4.74 Å². The van der Waals surface area contributed by atoms with Crippen LogP contribution in [0.2, 0.25) is 0 Å². The summed E-state index contributed by atoms with van der Waals surface area (Å²) in [4.78, 5) is 16.1. The molecule has 1 aromatic rings. The van der Waals surface area contributed by atoms with Crippen LogP contribution in [0.15, 0.2) is 6.20 Å². The number of nitrogens with zero attached hydrogens (tertiary/aromatic N) is 1. The van der Waals surface area contributed by atoms with Crippen LogP contribution in [0.5, 0.6) is 0 Å². The third kappa shape index (κ3) is 3.38. The van der Waals surface area contributed by atoms with Gasteiger partial charge in [0.25, 0.3) is 0 Å². The average Bonchev–Trinajstić information content (AvgIpc) is 2.48. The Morgan fingerprint density at radius 3 is 2.71 bits per heavy atom. The summed E-state index contributed by atoms with van der Waals surface area (Å²) in [5.41, 5.74) is -0.449. The van der Waals surface area contributed by atoms with Gasteiger partial charge in [-0.2, -0.15) is 0 Å². The minimum Gasteiger partial charge on any atom is -0.456 e. The molecule has 5 heteroatoms. The highest BCUT2D eigenvalue weighted by atomic mass is 79.9.